The molecule has 2 nitrogen and oxygen atoms in total. The predicted octanol–water partition coefficient (Wildman–Crippen LogP) is 1.54. The molecule has 10 heavy (non-hydrogen) atoms. The van der Waals surface area contributed by atoms with Crippen LogP contribution in [0.2, 0.25) is 0 Å². The molecule has 0 spiro atoms. The third-order valence-electron chi connectivity index (χ3n) is 1.25. The number of hydrogen-bond acceptors (Lipinski definition) is 2. The molecule has 1 heterocycles. The summed E-state index contributed by atoms with van der Waals surface area (Å²) in [4.78, 5) is 3.88. The summed E-state index contributed by atoms with van der Waals surface area (Å²) in [6.45, 7) is 0. The van der Waals surface area contributed by atoms with Crippen molar-refractivity contribution in [1.29, 1.82) is 0 Å². The summed E-state index contributed by atoms with van der Waals surface area (Å²) in [5, 5.41) is 2.92. The monoisotopic (exact) mass is 156 g/mol. The topological polar surface area (TPSA) is 24.9 Å². The molecule has 1 atom stereocenters. The minimum atomic E-state index is -0.108. The van der Waals surface area contributed by atoms with Crippen molar-refractivity contribution in [2.45, 2.75) is 5.50 Å². The first kappa shape index (κ1) is 7.51. The quantitative estimate of drug-likeness (QED) is 0.519. The molecule has 0 aliphatic carbocycles. The second kappa shape index (κ2) is 3.54. The molecule has 0 saturated heterocycles. The fourth-order valence-corrected chi connectivity index (χ4v) is 0.845. The number of nitrogens with zero attached hydrogens (tertiary/aromatic N) is 1. The number of halogens is 1. The zero-order chi connectivity index (χ0) is 7.40. The van der Waals surface area contributed by atoms with Crippen LogP contribution in [-0.2, 0) is 0 Å². The highest BCUT2D eigenvalue weighted by Gasteiger charge is 2.01. The lowest BCUT2D eigenvalue weighted by Crippen LogP contribution is -2.09. The lowest BCUT2D eigenvalue weighted by molar-refractivity contribution is 0.782. The zero-order valence-corrected chi connectivity index (χ0v) is 6.47. The highest BCUT2D eigenvalue weighted by molar-refractivity contribution is 6.20. The largest absolute Gasteiger partial charge is 0.301 e. The van der Waals surface area contributed by atoms with Gasteiger partial charge in [-0.25, -0.2) is 0 Å². The summed E-state index contributed by atoms with van der Waals surface area (Å²) >= 11 is 5.85. The highest BCUT2D eigenvalue weighted by atomic mass is 35.5. The summed E-state index contributed by atoms with van der Waals surface area (Å²) < 4.78 is 0. The first-order valence-corrected chi connectivity index (χ1v) is 3.49. The molecular formula is C7H9ClN2. The normalized spacial score (nSPS) is 13.0. The van der Waals surface area contributed by atoms with Gasteiger partial charge in [-0.3, -0.25) is 4.98 Å². The van der Waals surface area contributed by atoms with Crippen LogP contribution in [0.3, 0.4) is 0 Å². The Morgan fingerprint density at radius 1 is 1.50 bits per heavy atom. The van der Waals surface area contributed by atoms with Crippen LogP contribution in [0.25, 0.3) is 0 Å². The average molecular weight is 157 g/mol. The molecule has 1 N–H and O–H groups in total. The Kier molecular flexibility index (Phi) is 2.66. The molecule has 0 aliphatic rings. The van der Waals surface area contributed by atoms with E-state index in [4.69, 9.17) is 11.6 Å². The third kappa shape index (κ3) is 1.69. The van der Waals surface area contributed by atoms with Crippen LogP contribution in [0, 0.1) is 0 Å². The van der Waals surface area contributed by atoms with E-state index in [1.165, 1.54) is 0 Å². The van der Waals surface area contributed by atoms with Gasteiger partial charge >= 0.3 is 0 Å². The van der Waals surface area contributed by atoms with Gasteiger partial charge < -0.3 is 5.32 Å². The van der Waals surface area contributed by atoms with E-state index >= 15 is 0 Å². The van der Waals surface area contributed by atoms with Gasteiger partial charge in [-0.2, -0.15) is 0 Å². The maximum atomic E-state index is 5.85. The summed E-state index contributed by atoms with van der Waals surface area (Å²) in [5.74, 6) is 0. The van der Waals surface area contributed by atoms with Gasteiger partial charge in [0.25, 0.3) is 0 Å². The van der Waals surface area contributed by atoms with E-state index in [0.717, 1.165) is 5.56 Å². The Bertz CT molecular complexity index is 188. The van der Waals surface area contributed by atoms with Crippen molar-refractivity contribution < 1.29 is 0 Å². The molecule has 1 aromatic heterocycles. The van der Waals surface area contributed by atoms with Gasteiger partial charge in [0.15, 0.2) is 0 Å². The van der Waals surface area contributed by atoms with Crippen LogP contribution in [0.15, 0.2) is 24.5 Å². The molecule has 0 amide bonds. The molecule has 0 saturated carbocycles. The Labute approximate surface area is 65.2 Å². The first-order valence-electron chi connectivity index (χ1n) is 3.06. The molecule has 0 aliphatic heterocycles. The Balaban J connectivity index is 2.75. The standard InChI is InChI=1S/C7H9ClN2/c1-9-7(8)6-2-4-10-5-3-6/h2-5,7,9H,1H3. The summed E-state index contributed by atoms with van der Waals surface area (Å²) in [6, 6.07) is 3.77. The van der Waals surface area contributed by atoms with Gasteiger partial charge in [-0.15, -0.1) is 11.6 Å². The molecule has 0 fully saturated rings. The molecule has 0 bridgehead atoms. The van der Waals surface area contributed by atoms with Gasteiger partial charge in [0, 0.05) is 12.4 Å². The predicted molar refractivity (Wildman–Crippen MR) is 41.9 cm³/mol. The van der Waals surface area contributed by atoms with Crippen molar-refractivity contribution in [2.24, 2.45) is 0 Å². The minimum Gasteiger partial charge on any atom is -0.301 e. The lowest BCUT2D eigenvalue weighted by atomic mass is 10.3. The fraction of sp³-hybridized carbons (Fsp3) is 0.286. The molecule has 54 valence electrons. The lowest BCUT2D eigenvalue weighted by Gasteiger charge is -2.05. The molecule has 0 aromatic carbocycles. The van der Waals surface area contributed by atoms with E-state index in [9.17, 15) is 0 Å². The number of pyridine rings is 1. The van der Waals surface area contributed by atoms with Crippen LogP contribution in [0.4, 0.5) is 0 Å². The van der Waals surface area contributed by atoms with Crippen molar-refractivity contribution in [3.05, 3.63) is 30.1 Å². The van der Waals surface area contributed by atoms with E-state index in [-0.39, 0.29) is 5.50 Å². The van der Waals surface area contributed by atoms with E-state index in [2.05, 4.69) is 10.3 Å². The van der Waals surface area contributed by atoms with Crippen molar-refractivity contribution in [1.82, 2.24) is 10.3 Å². The minimum absolute atomic E-state index is 0.108. The second-order valence-electron chi connectivity index (χ2n) is 1.93. The number of alkyl halides is 1. The summed E-state index contributed by atoms with van der Waals surface area (Å²) in [6.07, 6.45) is 3.45. The van der Waals surface area contributed by atoms with E-state index in [1.807, 2.05) is 19.2 Å². The van der Waals surface area contributed by atoms with Crippen LogP contribution in [0.5, 0.6) is 0 Å². The Morgan fingerprint density at radius 2 is 2.10 bits per heavy atom. The Hall–Kier alpha value is -0.600. The number of rotatable bonds is 2. The molecule has 0 radical (unpaired) electrons. The average Bonchev–Trinajstić information content (AvgIpc) is 2.05. The van der Waals surface area contributed by atoms with E-state index < -0.39 is 0 Å². The second-order valence-corrected chi connectivity index (χ2v) is 2.37. The maximum Gasteiger partial charge on any atom is 0.108 e. The van der Waals surface area contributed by atoms with Crippen molar-refractivity contribution in [2.75, 3.05) is 7.05 Å². The summed E-state index contributed by atoms with van der Waals surface area (Å²) in [5.41, 5.74) is 0.933. The van der Waals surface area contributed by atoms with E-state index in [1.54, 1.807) is 12.4 Å². The van der Waals surface area contributed by atoms with E-state index in [0.29, 0.717) is 0 Å². The van der Waals surface area contributed by atoms with Crippen molar-refractivity contribution in [3.8, 4) is 0 Å². The molecule has 3 heteroatoms. The highest BCUT2D eigenvalue weighted by Crippen LogP contribution is 2.13. The number of aromatic nitrogens is 1. The van der Waals surface area contributed by atoms with Gasteiger partial charge in [-0.1, -0.05) is 0 Å². The Morgan fingerprint density at radius 3 is 2.60 bits per heavy atom. The number of nitrogens with one attached hydrogen (secondary N) is 1. The molecule has 1 unspecified atom stereocenters. The van der Waals surface area contributed by atoms with Gasteiger partial charge in [0.05, 0.1) is 0 Å². The van der Waals surface area contributed by atoms with Crippen molar-refractivity contribution >= 4 is 11.6 Å². The number of hydrogen-bond donors (Lipinski definition) is 1. The maximum absolute atomic E-state index is 5.85. The third-order valence-corrected chi connectivity index (χ3v) is 1.72. The van der Waals surface area contributed by atoms with Crippen molar-refractivity contribution in [3.63, 3.8) is 0 Å². The molecule has 1 aromatic rings. The fourth-order valence-electron chi connectivity index (χ4n) is 0.699. The molecular weight excluding hydrogens is 148 g/mol. The first-order chi connectivity index (χ1) is 4.84. The van der Waals surface area contributed by atoms with Gasteiger partial charge in [-0.05, 0) is 24.7 Å². The smallest absolute Gasteiger partial charge is 0.108 e. The van der Waals surface area contributed by atoms with Crippen LogP contribution in [0.1, 0.15) is 11.1 Å². The summed E-state index contributed by atoms with van der Waals surface area (Å²) in [7, 11) is 1.82. The van der Waals surface area contributed by atoms with Crippen LogP contribution < -0.4 is 5.32 Å². The van der Waals surface area contributed by atoms with Crippen LogP contribution in [-0.4, -0.2) is 12.0 Å². The van der Waals surface area contributed by atoms with Gasteiger partial charge in [0.1, 0.15) is 5.50 Å². The van der Waals surface area contributed by atoms with Crippen LogP contribution >= 0.6 is 11.6 Å². The molecule has 1 rings (SSSR count). The SMILES string of the molecule is CNC(Cl)c1ccncc1. The van der Waals surface area contributed by atoms with Gasteiger partial charge in [0.2, 0.25) is 0 Å². The zero-order valence-electron chi connectivity index (χ0n) is 5.71.